The standard InChI is InChI=1S/C26H33ClN8O2/c1-33-11-13-35(14-12-33)22-8-7-17(15-18(22)27)29-26-28-10-9-19(31-26)21-16-23(34(2)32-21)25(37)30-20-5-3-4-6-24(20)36/h7-10,15-16,20,24,36H,3-6,11-14H2,1-2H3,(H,30,37)(H,28,29,31)/t20-,24+/m0/s1. The van der Waals surface area contributed by atoms with Crippen LogP contribution in [-0.2, 0) is 7.05 Å². The first-order chi connectivity index (χ1) is 17.9. The normalized spacial score (nSPS) is 20.6. The minimum atomic E-state index is -0.509. The Morgan fingerprint density at radius 2 is 1.84 bits per heavy atom. The number of aliphatic hydroxyl groups excluding tert-OH is 1. The second-order valence-electron chi connectivity index (χ2n) is 9.82. The van der Waals surface area contributed by atoms with Crippen molar-refractivity contribution in [3.8, 4) is 11.4 Å². The molecule has 1 aromatic carbocycles. The maximum absolute atomic E-state index is 12.9. The summed E-state index contributed by atoms with van der Waals surface area (Å²) in [6.45, 7) is 3.91. The molecule has 1 amide bonds. The highest BCUT2D eigenvalue weighted by Gasteiger charge is 2.26. The number of aliphatic hydroxyl groups is 1. The van der Waals surface area contributed by atoms with Gasteiger partial charge in [-0.2, -0.15) is 5.10 Å². The number of carbonyl (C=O) groups is 1. The number of halogens is 1. The van der Waals surface area contributed by atoms with Crippen LogP contribution < -0.4 is 15.5 Å². The first-order valence-electron chi connectivity index (χ1n) is 12.7. The zero-order chi connectivity index (χ0) is 25.9. The van der Waals surface area contributed by atoms with Gasteiger partial charge in [0.1, 0.15) is 11.4 Å². The number of aromatic nitrogens is 4. The van der Waals surface area contributed by atoms with Crippen LogP contribution in [0.25, 0.3) is 11.4 Å². The summed E-state index contributed by atoms with van der Waals surface area (Å²) in [6, 6.07) is 9.10. The number of amides is 1. The number of carbonyl (C=O) groups excluding carboxylic acids is 1. The highest BCUT2D eigenvalue weighted by atomic mass is 35.5. The van der Waals surface area contributed by atoms with Crippen molar-refractivity contribution >= 4 is 34.8 Å². The summed E-state index contributed by atoms with van der Waals surface area (Å²) in [5, 5.41) is 21.5. The van der Waals surface area contributed by atoms with E-state index in [1.165, 1.54) is 4.68 Å². The van der Waals surface area contributed by atoms with Crippen molar-refractivity contribution in [2.45, 2.75) is 37.8 Å². The maximum Gasteiger partial charge on any atom is 0.269 e. The molecule has 3 aromatic rings. The molecule has 1 saturated heterocycles. The molecule has 11 heteroatoms. The Bertz CT molecular complexity index is 1260. The molecule has 3 heterocycles. The Morgan fingerprint density at radius 3 is 2.59 bits per heavy atom. The number of piperazine rings is 1. The van der Waals surface area contributed by atoms with E-state index in [0.717, 1.165) is 56.8 Å². The smallest absolute Gasteiger partial charge is 0.269 e. The van der Waals surface area contributed by atoms with Gasteiger partial charge in [0, 0.05) is 45.1 Å². The quantitative estimate of drug-likeness (QED) is 0.451. The lowest BCUT2D eigenvalue weighted by Crippen LogP contribution is -2.45. The van der Waals surface area contributed by atoms with Crippen LogP contribution >= 0.6 is 11.6 Å². The maximum atomic E-state index is 12.9. The van der Waals surface area contributed by atoms with Gasteiger partial charge in [-0.1, -0.05) is 24.4 Å². The van der Waals surface area contributed by atoms with Gasteiger partial charge in [-0.3, -0.25) is 9.48 Å². The molecule has 1 aliphatic heterocycles. The molecule has 0 radical (unpaired) electrons. The fraction of sp³-hybridized carbons (Fsp3) is 0.462. The lowest BCUT2D eigenvalue weighted by molar-refractivity contribution is 0.0710. The predicted molar refractivity (Wildman–Crippen MR) is 144 cm³/mol. The summed E-state index contributed by atoms with van der Waals surface area (Å²) in [6.07, 6.45) is 4.61. The zero-order valence-corrected chi connectivity index (χ0v) is 21.9. The monoisotopic (exact) mass is 524 g/mol. The van der Waals surface area contributed by atoms with Gasteiger partial charge in [0.25, 0.3) is 5.91 Å². The Kier molecular flexibility index (Phi) is 7.59. The van der Waals surface area contributed by atoms with Crippen LogP contribution in [0.3, 0.4) is 0 Å². The van der Waals surface area contributed by atoms with Crippen LogP contribution in [0.2, 0.25) is 5.02 Å². The molecule has 3 N–H and O–H groups in total. The van der Waals surface area contributed by atoms with Crippen LogP contribution in [0.4, 0.5) is 17.3 Å². The number of likely N-dealkylation sites (N-methyl/N-ethyl adjacent to an activating group) is 1. The summed E-state index contributed by atoms with van der Waals surface area (Å²) in [5.74, 6) is 0.151. The van der Waals surface area contributed by atoms with E-state index in [0.29, 0.717) is 34.5 Å². The highest BCUT2D eigenvalue weighted by Crippen LogP contribution is 2.30. The molecule has 0 spiro atoms. The van der Waals surface area contributed by atoms with Crippen molar-refractivity contribution in [3.05, 3.63) is 47.2 Å². The molecule has 2 atom stereocenters. The van der Waals surface area contributed by atoms with Crippen LogP contribution in [0.1, 0.15) is 36.2 Å². The van der Waals surface area contributed by atoms with Crippen LogP contribution in [0, 0.1) is 0 Å². The lowest BCUT2D eigenvalue weighted by atomic mass is 9.92. The molecule has 5 rings (SSSR count). The second-order valence-corrected chi connectivity index (χ2v) is 10.2. The van der Waals surface area contributed by atoms with E-state index in [2.05, 4.69) is 42.5 Å². The SMILES string of the molecule is CN1CCN(c2ccc(Nc3nccc(-c4cc(C(=O)N[C@H]5CCCC[C@H]5O)n(C)n4)n3)cc2Cl)CC1. The summed E-state index contributed by atoms with van der Waals surface area (Å²) in [7, 11) is 3.85. The van der Waals surface area contributed by atoms with Crippen molar-refractivity contribution < 1.29 is 9.90 Å². The van der Waals surface area contributed by atoms with Gasteiger partial charge in [0.15, 0.2) is 0 Å². The summed E-state index contributed by atoms with van der Waals surface area (Å²) in [4.78, 5) is 26.4. The number of anilines is 3. The zero-order valence-electron chi connectivity index (χ0n) is 21.2. The number of nitrogens with zero attached hydrogens (tertiary/aromatic N) is 6. The average Bonchev–Trinajstić information content (AvgIpc) is 3.28. The molecule has 10 nitrogen and oxygen atoms in total. The molecule has 0 bridgehead atoms. The third-order valence-electron chi connectivity index (χ3n) is 7.12. The Hall–Kier alpha value is -3.21. The molecular formula is C26H33ClN8O2. The predicted octanol–water partition coefficient (Wildman–Crippen LogP) is 3.06. The van der Waals surface area contributed by atoms with E-state index in [1.54, 1.807) is 25.4 Å². The number of hydrogen-bond donors (Lipinski definition) is 3. The van der Waals surface area contributed by atoms with E-state index in [9.17, 15) is 9.90 Å². The van der Waals surface area contributed by atoms with Crippen molar-refractivity contribution in [1.29, 1.82) is 0 Å². The molecule has 196 valence electrons. The molecule has 0 unspecified atom stereocenters. The van der Waals surface area contributed by atoms with Crippen molar-refractivity contribution in [1.82, 2.24) is 30.0 Å². The number of benzene rings is 1. The molecule has 37 heavy (non-hydrogen) atoms. The molecule has 1 saturated carbocycles. The molecule has 2 fully saturated rings. The molecule has 2 aliphatic rings. The van der Waals surface area contributed by atoms with Gasteiger partial charge in [-0.25, -0.2) is 9.97 Å². The average molecular weight is 525 g/mol. The van der Waals surface area contributed by atoms with Gasteiger partial charge in [0.2, 0.25) is 5.95 Å². The number of nitrogens with one attached hydrogen (secondary N) is 2. The second kappa shape index (κ2) is 11.0. The van der Waals surface area contributed by atoms with Crippen LogP contribution in [-0.4, -0.2) is 81.0 Å². The third kappa shape index (κ3) is 5.87. The lowest BCUT2D eigenvalue weighted by Gasteiger charge is -2.34. The first kappa shape index (κ1) is 25.4. The van der Waals surface area contributed by atoms with Gasteiger partial charge in [-0.05, 0) is 50.2 Å². The Morgan fingerprint density at radius 1 is 1.05 bits per heavy atom. The molecule has 1 aliphatic carbocycles. The van der Waals surface area contributed by atoms with E-state index >= 15 is 0 Å². The molecule has 2 aromatic heterocycles. The fourth-order valence-corrected chi connectivity index (χ4v) is 5.21. The Balaban J connectivity index is 1.28. The molecular weight excluding hydrogens is 492 g/mol. The van der Waals surface area contributed by atoms with Crippen LogP contribution in [0.15, 0.2) is 36.5 Å². The van der Waals surface area contributed by atoms with Gasteiger partial charge < -0.3 is 25.5 Å². The third-order valence-corrected chi connectivity index (χ3v) is 7.43. The van der Waals surface area contributed by atoms with Gasteiger partial charge >= 0.3 is 0 Å². The summed E-state index contributed by atoms with van der Waals surface area (Å²) < 4.78 is 1.53. The Labute approximate surface area is 221 Å². The van der Waals surface area contributed by atoms with Gasteiger partial charge in [-0.15, -0.1) is 0 Å². The van der Waals surface area contributed by atoms with E-state index < -0.39 is 6.10 Å². The topological polar surface area (TPSA) is 111 Å². The first-order valence-corrected chi connectivity index (χ1v) is 13.1. The summed E-state index contributed by atoms with van der Waals surface area (Å²) >= 11 is 6.62. The number of hydrogen-bond acceptors (Lipinski definition) is 8. The summed E-state index contributed by atoms with van der Waals surface area (Å²) in [5.41, 5.74) is 3.37. The fourth-order valence-electron chi connectivity index (χ4n) is 4.91. The van der Waals surface area contributed by atoms with E-state index in [1.807, 2.05) is 18.2 Å². The van der Waals surface area contributed by atoms with E-state index in [-0.39, 0.29) is 11.9 Å². The van der Waals surface area contributed by atoms with E-state index in [4.69, 9.17) is 11.6 Å². The van der Waals surface area contributed by atoms with Crippen molar-refractivity contribution in [2.24, 2.45) is 7.05 Å². The highest BCUT2D eigenvalue weighted by molar-refractivity contribution is 6.33. The van der Waals surface area contributed by atoms with Gasteiger partial charge in [0.05, 0.1) is 28.5 Å². The number of aryl methyl sites for hydroxylation is 1. The minimum absolute atomic E-state index is 0.232. The van der Waals surface area contributed by atoms with Crippen LogP contribution in [0.5, 0.6) is 0 Å². The minimum Gasteiger partial charge on any atom is -0.391 e. The van der Waals surface area contributed by atoms with Crippen molar-refractivity contribution in [3.63, 3.8) is 0 Å². The number of rotatable bonds is 6. The van der Waals surface area contributed by atoms with Crippen molar-refractivity contribution in [2.75, 3.05) is 43.4 Å². The largest absolute Gasteiger partial charge is 0.391 e.